The zero-order valence-electron chi connectivity index (χ0n) is 8.84. The first-order chi connectivity index (χ1) is 6.65. The summed E-state index contributed by atoms with van der Waals surface area (Å²) < 4.78 is 5.47. The molecule has 0 saturated heterocycles. The first kappa shape index (κ1) is 10.1. The van der Waals surface area contributed by atoms with Crippen LogP contribution in [-0.4, -0.2) is 5.16 Å². The third-order valence-electron chi connectivity index (χ3n) is 3.11. The van der Waals surface area contributed by atoms with Crippen LogP contribution in [0.3, 0.4) is 0 Å². The van der Waals surface area contributed by atoms with E-state index >= 15 is 0 Å². The fourth-order valence-electron chi connectivity index (χ4n) is 2.24. The van der Waals surface area contributed by atoms with Gasteiger partial charge in [0, 0.05) is 16.7 Å². The van der Waals surface area contributed by atoms with Crippen molar-refractivity contribution in [3.8, 4) is 0 Å². The molecule has 0 unspecified atom stereocenters. The molecule has 2 rings (SSSR count). The molecule has 0 bridgehead atoms. The first-order valence-electron chi connectivity index (χ1n) is 5.24. The lowest BCUT2D eigenvalue weighted by Crippen LogP contribution is -2.16. The minimum atomic E-state index is 0.153. The summed E-state index contributed by atoms with van der Waals surface area (Å²) in [5.41, 5.74) is 2.51. The SMILES string of the molecule is CC1(C)CCCCc2c(CS)noc21. The Morgan fingerprint density at radius 2 is 2.21 bits per heavy atom. The maximum atomic E-state index is 5.47. The zero-order valence-corrected chi connectivity index (χ0v) is 9.73. The van der Waals surface area contributed by atoms with Crippen molar-refractivity contribution in [2.45, 2.75) is 50.7 Å². The maximum Gasteiger partial charge on any atom is 0.145 e. The van der Waals surface area contributed by atoms with Gasteiger partial charge in [-0.3, -0.25) is 0 Å². The van der Waals surface area contributed by atoms with Gasteiger partial charge in [0.2, 0.25) is 0 Å². The molecule has 0 saturated carbocycles. The lowest BCUT2D eigenvalue weighted by Gasteiger charge is -2.19. The van der Waals surface area contributed by atoms with Crippen LogP contribution in [0.15, 0.2) is 4.52 Å². The zero-order chi connectivity index (χ0) is 10.2. The van der Waals surface area contributed by atoms with E-state index in [9.17, 15) is 0 Å². The summed E-state index contributed by atoms with van der Waals surface area (Å²) in [6.07, 6.45) is 4.83. The molecule has 3 heteroatoms. The molecule has 0 N–H and O–H groups in total. The lowest BCUT2D eigenvalue weighted by molar-refractivity contribution is 0.302. The van der Waals surface area contributed by atoms with Crippen molar-refractivity contribution in [3.63, 3.8) is 0 Å². The molecule has 0 radical (unpaired) electrons. The monoisotopic (exact) mass is 211 g/mol. The van der Waals surface area contributed by atoms with Crippen LogP contribution in [0.25, 0.3) is 0 Å². The Hall–Kier alpha value is -0.440. The third-order valence-corrected chi connectivity index (χ3v) is 3.41. The quantitative estimate of drug-likeness (QED) is 0.570. The van der Waals surface area contributed by atoms with Crippen LogP contribution in [-0.2, 0) is 17.6 Å². The van der Waals surface area contributed by atoms with Gasteiger partial charge >= 0.3 is 0 Å². The third kappa shape index (κ3) is 1.58. The van der Waals surface area contributed by atoms with Crippen LogP contribution < -0.4 is 0 Å². The van der Waals surface area contributed by atoms with Gasteiger partial charge in [0.25, 0.3) is 0 Å². The topological polar surface area (TPSA) is 26.0 Å². The summed E-state index contributed by atoms with van der Waals surface area (Å²) in [5.74, 6) is 1.79. The number of hydrogen-bond acceptors (Lipinski definition) is 3. The molecule has 1 aromatic heterocycles. The molecule has 1 heterocycles. The van der Waals surface area contributed by atoms with Gasteiger partial charge in [0.05, 0.1) is 5.69 Å². The fraction of sp³-hybridized carbons (Fsp3) is 0.727. The minimum Gasteiger partial charge on any atom is -0.360 e. The summed E-state index contributed by atoms with van der Waals surface area (Å²) in [5, 5.41) is 4.10. The molecule has 1 aromatic rings. The van der Waals surface area contributed by atoms with Crippen molar-refractivity contribution in [3.05, 3.63) is 17.0 Å². The molecule has 1 aliphatic rings. The molecule has 0 fully saturated rings. The molecule has 2 nitrogen and oxygen atoms in total. The van der Waals surface area contributed by atoms with E-state index in [1.807, 2.05) is 0 Å². The Kier molecular flexibility index (Phi) is 2.60. The normalized spacial score (nSPS) is 20.2. The molecule has 0 amide bonds. The standard InChI is InChI=1S/C11H17NOS/c1-11(2)6-4-3-5-8-9(7-14)12-13-10(8)11/h14H,3-7H2,1-2H3. The smallest absolute Gasteiger partial charge is 0.145 e. The molecule has 14 heavy (non-hydrogen) atoms. The predicted molar refractivity (Wildman–Crippen MR) is 59.8 cm³/mol. The molecule has 0 spiro atoms. The van der Waals surface area contributed by atoms with Crippen molar-refractivity contribution in [2.24, 2.45) is 0 Å². The summed E-state index contributed by atoms with van der Waals surface area (Å²) in [7, 11) is 0. The maximum absolute atomic E-state index is 5.47. The van der Waals surface area contributed by atoms with Crippen LogP contribution >= 0.6 is 12.6 Å². The first-order valence-corrected chi connectivity index (χ1v) is 5.87. The van der Waals surface area contributed by atoms with Crippen molar-refractivity contribution < 1.29 is 4.52 Å². The van der Waals surface area contributed by atoms with Gasteiger partial charge in [-0.15, -0.1) is 0 Å². The van der Waals surface area contributed by atoms with Crippen molar-refractivity contribution in [2.75, 3.05) is 0 Å². The highest BCUT2D eigenvalue weighted by Crippen LogP contribution is 2.37. The fourth-order valence-corrected chi connectivity index (χ4v) is 2.49. The van der Waals surface area contributed by atoms with Gasteiger partial charge < -0.3 is 4.52 Å². The largest absolute Gasteiger partial charge is 0.360 e. The number of rotatable bonds is 1. The highest BCUT2D eigenvalue weighted by Gasteiger charge is 2.31. The van der Waals surface area contributed by atoms with Crippen LogP contribution in [0, 0.1) is 0 Å². The number of fused-ring (bicyclic) bond motifs is 1. The van der Waals surface area contributed by atoms with Gasteiger partial charge in [0.15, 0.2) is 0 Å². The number of nitrogens with zero attached hydrogens (tertiary/aromatic N) is 1. The summed E-state index contributed by atoms with van der Waals surface area (Å²) in [6, 6.07) is 0. The van der Waals surface area contributed by atoms with Crippen molar-refractivity contribution >= 4 is 12.6 Å². The van der Waals surface area contributed by atoms with E-state index in [4.69, 9.17) is 4.52 Å². The van der Waals surface area contributed by atoms with Gasteiger partial charge in [-0.1, -0.05) is 25.4 Å². The molecule has 0 atom stereocenters. The molecular formula is C11H17NOS. The molecule has 0 aromatic carbocycles. The second-order valence-electron chi connectivity index (χ2n) is 4.69. The van der Waals surface area contributed by atoms with Crippen LogP contribution in [0.2, 0.25) is 0 Å². The van der Waals surface area contributed by atoms with E-state index in [0.29, 0.717) is 5.75 Å². The molecule has 78 valence electrons. The predicted octanol–water partition coefficient (Wildman–Crippen LogP) is 3.11. The average molecular weight is 211 g/mol. The highest BCUT2D eigenvalue weighted by molar-refractivity contribution is 7.79. The lowest BCUT2D eigenvalue weighted by atomic mass is 9.85. The minimum absolute atomic E-state index is 0.153. The Morgan fingerprint density at radius 1 is 1.43 bits per heavy atom. The Balaban J connectivity index is 2.46. The molecule has 1 aliphatic carbocycles. The summed E-state index contributed by atoms with van der Waals surface area (Å²) in [4.78, 5) is 0. The molecule has 0 aliphatic heterocycles. The highest BCUT2D eigenvalue weighted by atomic mass is 32.1. The van der Waals surface area contributed by atoms with Crippen molar-refractivity contribution in [1.82, 2.24) is 5.16 Å². The average Bonchev–Trinajstić information content (AvgIpc) is 2.50. The Bertz CT molecular complexity index is 330. The van der Waals surface area contributed by atoms with Gasteiger partial charge in [0.1, 0.15) is 5.76 Å². The summed E-state index contributed by atoms with van der Waals surface area (Å²) in [6.45, 7) is 4.48. The second kappa shape index (κ2) is 3.61. The second-order valence-corrected chi connectivity index (χ2v) is 5.00. The van der Waals surface area contributed by atoms with Gasteiger partial charge in [-0.25, -0.2) is 0 Å². The van der Waals surface area contributed by atoms with Crippen LogP contribution in [0.1, 0.15) is 50.1 Å². The number of aromatic nitrogens is 1. The van der Waals surface area contributed by atoms with E-state index in [0.717, 1.165) is 17.9 Å². The van der Waals surface area contributed by atoms with Crippen LogP contribution in [0.5, 0.6) is 0 Å². The van der Waals surface area contributed by atoms with E-state index in [2.05, 4.69) is 31.6 Å². The van der Waals surface area contributed by atoms with Gasteiger partial charge in [-0.2, -0.15) is 12.6 Å². The van der Waals surface area contributed by atoms with E-state index in [-0.39, 0.29) is 5.41 Å². The number of thiol groups is 1. The van der Waals surface area contributed by atoms with Crippen molar-refractivity contribution in [1.29, 1.82) is 0 Å². The van der Waals surface area contributed by atoms with E-state index in [1.54, 1.807) is 0 Å². The Morgan fingerprint density at radius 3 is 2.93 bits per heavy atom. The van der Waals surface area contributed by atoms with E-state index in [1.165, 1.54) is 24.8 Å². The Labute approximate surface area is 90.5 Å². The van der Waals surface area contributed by atoms with Gasteiger partial charge in [-0.05, 0) is 19.3 Å². The molecular weight excluding hydrogens is 194 g/mol. The van der Waals surface area contributed by atoms with Crippen LogP contribution in [0.4, 0.5) is 0 Å². The van der Waals surface area contributed by atoms with E-state index < -0.39 is 0 Å². The number of hydrogen-bond donors (Lipinski definition) is 1. The summed E-state index contributed by atoms with van der Waals surface area (Å²) >= 11 is 4.28.